The molecule has 0 heterocycles. The summed E-state index contributed by atoms with van der Waals surface area (Å²) in [6.45, 7) is 0. The highest BCUT2D eigenvalue weighted by Gasteiger charge is 2.32. The second kappa shape index (κ2) is 1.84. The monoisotopic (exact) mass is 124 g/mol. The Morgan fingerprint density at radius 2 is 2.11 bits per heavy atom. The predicted molar refractivity (Wildman–Crippen MR) is 36.0 cm³/mol. The molecule has 0 amide bonds. The Morgan fingerprint density at radius 1 is 1.22 bits per heavy atom. The van der Waals surface area contributed by atoms with Crippen LogP contribution in [0.2, 0.25) is 0 Å². The summed E-state index contributed by atoms with van der Waals surface area (Å²) < 4.78 is 0. The number of aliphatic hydroxyl groups excluding tert-OH is 1. The Balaban J connectivity index is 2.07. The van der Waals surface area contributed by atoms with Crippen molar-refractivity contribution in [2.45, 2.75) is 25.4 Å². The van der Waals surface area contributed by atoms with Gasteiger partial charge in [0, 0.05) is 0 Å². The summed E-state index contributed by atoms with van der Waals surface area (Å²) in [5.74, 6) is 1.65. The molecule has 0 radical (unpaired) electrons. The average molecular weight is 124 g/mol. The minimum absolute atomic E-state index is 0.133. The maximum atomic E-state index is 9.14. The molecule has 1 heteroatoms. The van der Waals surface area contributed by atoms with Crippen LogP contribution in [0.4, 0.5) is 0 Å². The van der Waals surface area contributed by atoms with Gasteiger partial charge in [-0.2, -0.15) is 0 Å². The summed E-state index contributed by atoms with van der Waals surface area (Å²) in [7, 11) is 0. The molecular formula is C8H12O. The van der Waals surface area contributed by atoms with Gasteiger partial charge in [0.05, 0.1) is 6.10 Å². The molecule has 0 aromatic rings. The first-order chi connectivity index (χ1) is 4.36. The summed E-state index contributed by atoms with van der Waals surface area (Å²) in [5, 5.41) is 9.14. The molecule has 3 atom stereocenters. The molecule has 2 aliphatic carbocycles. The molecule has 0 saturated heterocycles. The van der Waals surface area contributed by atoms with E-state index >= 15 is 0 Å². The minimum Gasteiger partial charge on any atom is -0.389 e. The average Bonchev–Trinajstić information content (AvgIpc) is 1.78. The van der Waals surface area contributed by atoms with Gasteiger partial charge in [-0.25, -0.2) is 0 Å². The lowest BCUT2D eigenvalue weighted by Crippen LogP contribution is -2.31. The quantitative estimate of drug-likeness (QED) is 0.483. The number of hydrogen-bond donors (Lipinski definition) is 1. The lowest BCUT2D eigenvalue weighted by molar-refractivity contribution is 0.108. The SMILES string of the molecule is O[C@H]1C=C[C@@H]2CC[C@@H]2C1. The van der Waals surface area contributed by atoms with Crippen LogP contribution < -0.4 is 0 Å². The highest BCUT2D eigenvalue weighted by atomic mass is 16.3. The van der Waals surface area contributed by atoms with E-state index in [1.165, 1.54) is 12.8 Å². The van der Waals surface area contributed by atoms with E-state index in [1.54, 1.807) is 0 Å². The smallest absolute Gasteiger partial charge is 0.0723 e. The molecule has 1 saturated carbocycles. The van der Waals surface area contributed by atoms with Crippen LogP contribution >= 0.6 is 0 Å². The highest BCUT2D eigenvalue weighted by Crippen LogP contribution is 2.41. The first-order valence-electron chi connectivity index (χ1n) is 3.72. The molecule has 1 nitrogen and oxygen atoms in total. The Labute approximate surface area is 55.4 Å². The van der Waals surface area contributed by atoms with Gasteiger partial charge in [-0.3, -0.25) is 0 Å². The van der Waals surface area contributed by atoms with Crippen molar-refractivity contribution in [3.8, 4) is 0 Å². The van der Waals surface area contributed by atoms with Crippen molar-refractivity contribution in [2.24, 2.45) is 11.8 Å². The Kier molecular flexibility index (Phi) is 1.12. The van der Waals surface area contributed by atoms with Crippen LogP contribution in [0.25, 0.3) is 0 Å². The molecule has 0 spiro atoms. The third-order valence-electron chi connectivity index (χ3n) is 2.60. The van der Waals surface area contributed by atoms with E-state index in [1.807, 2.05) is 6.08 Å². The lowest BCUT2D eigenvalue weighted by atomic mass is 9.68. The molecule has 0 aromatic heterocycles. The molecule has 2 rings (SSSR count). The largest absolute Gasteiger partial charge is 0.389 e. The molecule has 0 unspecified atom stereocenters. The standard InChI is InChI=1S/C8H12O/c9-8-4-3-6-1-2-7(6)5-8/h3-4,6-9H,1-2,5H2/t6-,7+,8-/m0/s1. The molecule has 50 valence electrons. The summed E-state index contributed by atoms with van der Waals surface area (Å²) >= 11 is 0. The van der Waals surface area contributed by atoms with Crippen LogP contribution in [0.15, 0.2) is 12.2 Å². The van der Waals surface area contributed by atoms with E-state index in [2.05, 4.69) is 6.08 Å². The molecular weight excluding hydrogens is 112 g/mol. The van der Waals surface area contributed by atoms with Gasteiger partial charge in [0.1, 0.15) is 0 Å². The Hall–Kier alpha value is -0.300. The first-order valence-corrected chi connectivity index (χ1v) is 3.72. The van der Waals surface area contributed by atoms with Gasteiger partial charge >= 0.3 is 0 Å². The van der Waals surface area contributed by atoms with Crippen LogP contribution in [0.3, 0.4) is 0 Å². The van der Waals surface area contributed by atoms with E-state index in [0.717, 1.165) is 18.3 Å². The minimum atomic E-state index is -0.133. The van der Waals surface area contributed by atoms with Gasteiger partial charge in [-0.1, -0.05) is 12.2 Å². The van der Waals surface area contributed by atoms with Crippen molar-refractivity contribution in [3.63, 3.8) is 0 Å². The van der Waals surface area contributed by atoms with Gasteiger partial charge in [-0.15, -0.1) is 0 Å². The van der Waals surface area contributed by atoms with Crippen LogP contribution in [-0.2, 0) is 0 Å². The van der Waals surface area contributed by atoms with E-state index in [9.17, 15) is 0 Å². The fourth-order valence-corrected chi connectivity index (χ4v) is 1.80. The van der Waals surface area contributed by atoms with Crippen molar-refractivity contribution >= 4 is 0 Å². The maximum Gasteiger partial charge on any atom is 0.0723 e. The van der Waals surface area contributed by atoms with E-state index < -0.39 is 0 Å². The maximum absolute atomic E-state index is 9.14. The number of hydrogen-bond acceptors (Lipinski definition) is 1. The Morgan fingerprint density at radius 3 is 2.56 bits per heavy atom. The van der Waals surface area contributed by atoms with Crippen molar-refractivity contribution in [2.75, 3.05) is 0 Å². The predicted octanol–water partition coefficient (Wildman–Crippen LogP) is 1.33. The lowest BCUT2D eigenvalue weighted by Gasteiger charge is -2.38. The topological polar surface area (TPSA) is 20.2 Å². The Bertz CT molecular complexity index is 140. The summed E-state index contributed by atoms with van der Waals surface area (Å²) in [5.41, 5.74) is 0. The second-order valence-corrected chi connectivity index (χ2v) is 3.19. The zero-order chi connectivity index (χ0) is 6.27. The number of rotatable bonds is 0. The van der Waals surface area contributed by atoms with Gasteiger partial charge in [0.15, 0.2) is 0 Å². The van der Waals surface area contributed by atoms with E-state index in [4.69, 9.17) is 5.11 Å². The zero-order valence-corrected chi connectivity index (χ0v) is 5.46. The van der Waals surface area contributed by atoms with Gasteiger partial charge in [-0.05, 0) is 31.1 Å². The molecule has 0 aliphatic heterocycles. The second-order valence-electron chi connectivity index (χ2n) is 3.19. The fourth-order valence-electron chi connectivity index (χ4n) is 1.80. The van der Waals surface area contributed by atoms with Crippen LogP contribution in [0.5, 0.6) is 0 Å². The third-order valence-corrected chi connectivity index (χ3v) is 2.60. The van der Waals surface area contributed by atoms with Crippen LogP contribution in [0, 0.1) is 11.8 Å². The van der Waals surface area contributed by atoms with Gasteiger partial charge in [0.25, 0.3) is 0 Å². The van der Waals surface area contributed by atoms with Crippen LogP contribution in [0.1, 0.15) is 19.3 Å². The summed E-state index contributed by atoms with van der Waals surface area (Å²) in [6.07, 6.45) is 7.70. The van der Waals surface area contributed by atoms with Gasteiger partial charge < -0.3 is 5.11 Å². The molecule has 0 bridgehead atoms. The highest BCUT2D eigenvalue weighted by molar-refractivity contribution is 5.05. The molecule has 0 aromatic carbocycles. The molecule has 1 fully saturated rings. The number of aliphatic hydroxyl groups is 1. The first kappa shape index (κ1) is 5.48. The van der Waals surface area contributed by atoms with Crippen molar-refractivity contribution in [3.05, 3.63) is 12.2 Å². The number of allylic oxidation sites excluding steroid dienone is 1. The molecule has 2 aliphatic rings. The van der Waals surface area contributed by atoms with Crippen LogP contribution in [-0.4, -0.2) is 11.2 Å². The fraction of sp³-hybridized carbons (Fsp3) is 0.750. The zero-order valence-electron chi connectivity index (χ0n) is 5.46. The normalized spacial score (nSPS) is 47.9. The van der Waals surface area contributed by atoms with Gasteiger partial charge in [0.2, 0.25) is 0 Å². The molecule has 9 heavy (non-hydrogen) atoms. The molecule has 1 N–H and O–H groups in total. The van der Waals surface area contributed by atoms with E-state index in [-0.39, 0.29) is 6.10 Å². The summed E-state index contributed by atoms with van der Waals surface area (Å²) in [6, 6.07) is 0. The van der Waals surface area contributed by atoms with Crippen molar-refractivity contribution < 1.29 is 5.11 Å². The van der Waals surface area contributed by atoms with E-state index in [0.29, 0.717) is 0 Å². The van der Waals surface area contributed by atoms with Crippen molar-refractivity contribution in [1.29, 1.82) is 0 Å². The third kappa shape index (κ3) is 0.799. The van der Waals surface area contributed by atoms with Crippen molar-refractivity contribution in [1.82, 2.24) is 0 Å². The number of fused-ring (bicyclic) bond motifs is 1. The summed E-state index contributed by atoms with van der Waals surface area (Å²) in [4.78, 5) is 0.